The number of benzene rings is 1. The van der Waals surface area contributed by atoms with E-state index in [-0.39, 0.29) is 24.6 Å². The van der Waals surface area contributed by atoms with Crippen molar-refractivity contribution in [3.8, 4) is 0 Å². The Bertz CT molecular complexity index is 477. The van der Waals surface area contributed by atoms with Crippen molar-refractivity contribution in [1.82, 2.24) is 10.0 Å². The Balaban J connectivity index is 1.87. The number of hydrogen-bond donors (Lipinski definition) is 1. The van der Waals surface area contributed by atoms with Gasteiger partial charge < -0.3 is 5.11 Å². The van der Waals surface area contributed by atoms with Crippen molar-refractivity contribution in [3.63, 3.8) is 0 Å². The van der Waals surface area contributed by atoms with Gasteiger partial charge in [0.05, 0.1) is 12.1 Å². The minimum absolute atomic E-state index is 0.121. The van der Waals surface area contributed by atoms with E-state index in [4.69, 9.17) is 16.7 Å². The minimum atomic E-state index is 0.121. The first-order valence-electron chi connectivity index (χ1n) is 6.65. The molecule has 2 fully saturated rings. The SMILES string of the molecule is O=C1CCN2[C@@H](c3ccc(Cl)cc3)C[C@H](CCO)N12. The summed E-state index contributed by atoms with van der Waals surface area (Å²) in [7, 11) is 0. The molecule has 0 aliphatic carbocycles. The number of hydrazine groups is 1. The molecule has 0 spiro atoms. The molecular formula is C14H17ClN2O2. The normalized spacial score (nSPS) is 27.1. The van der Waals surface area contributed by atoms with Crippen LogP contribution in [0.2, 0.25) is 5.02 Å². The van der Waals surface area contributed by atoms with Gasteiger partial charge in [-0.25, -0.2) is 5.01 Å². The molecule has 0 aromatic heterocycles. The van der Waals surface area contributed by atoms with Crippen LogP contribution in [0.1, 0.15) is 30.9 Å². The van der Waals surface area contributed by atoms with Crippen molar-refractivity contribution >= 4 is 17.5 Å². The highest BCUT2D eigenvalue weighted by molar-refractivity contribution is 6.30. The maximum absolute atomic E-state index is 12.0. The molecule has 102 valence electrons. The molecule has 1 aromatic rings. The molecule has 1 N–H and O–H groups in total. The summed E-state index contributed by atoms with van der Waals surface area (Å²) in [5.74, 6) is 0.176. The van der Waals surface area contributed by atoms with Crippen molar-refractivity contribution in [2.45, 2.75) is 31.3 Å². The molecule has 0 unspecified atom stereocenters. The summed E-state index contributed by atoms with van der Waals surface area (Å²) >= 11 is 5.92. The Kier molecular flexibility index (Phi) is 3.48. The fraction of sp³-hybridized carbons (Fsp3) is 0.500. The average molecular weight is 281 g/mol. The second kappa shape index (κ2) is 5.12. The van der Waals surface area contributed by atoms with Crippen molar-refractivity contribution in [1.29, 1.82) is 0 Å². The van der Waals surface area contributed by atoms with Crippen LogP contribution in [0, 0.1) is 0 Å². The van der Waals surface area contributed by atoms with Crippen molar-refractivity contribution in [2.24, 2.45) is 0 Å². The molecule has 1 amide bonds. The quantitative estimate of drug-likeness (QED) is 0.921. The summed E-state index contributed by atoms with van der Waals surface area (Å²) < 4.78 is 0. The van der Waals surface area contributed by atoms with Gasteiger partial charge in [0.1, 0.15) is 0 Å². The van der Waals surface area contributed by atoms with Gasteiger partial charge in [0.15, 0.2) is 0 Å². The predicted octanol–water partition coefficient (Wildman–Crippen LogP) is 1.99. The lowest BCUT2D eigenvalue weighted by Gasteiger charge is -2.27. The summed E-state index contributed by atoms with van der Waals surface area (Å²) in [4.78, 5) is 12.0. The zero-order chi connectivity index (χ0) is 13.4. The zero-order valence-electron chi connectivity index (χ0n) is 10.6. The molecule has 5 heteroatoms. The van der Waals surface area contributed by atoms with Gasteiger partial charge >= 0.3 is 0 Å². The van der Waals surface area contributed by atoms with E-state index in [1.807, 2.05) is 29.3 Å². The highest BCUT2D eigenvalue weighted by atomic mass is 35.5. The van der Waals surface area contributed by atoms with Crippen LogP contribution in [0.3, 0.4) is 0 Å². The van der Waals surface area contributed by atoms with Gasteiger partial charge in [-0.15, -0.1) is 0 Å². The number of hydrogen-bond acceptors (Lipinski definition) is 3. The monoisotopic (exact) mass is 280 g/mol. The lowest BCUT2D eigenvalue weighted by Crippen LogP contribution is -2.39. The van der Waals surface area contributed by atoms with E-state index in [9.17, 15) is 4.79 Å². The Morgan fingerprint density at radius 3 is 2.74 bits per heavy atom. The molecular weight excluding hydrogens is 264 g/mol. The van der Waals surface area contributed by atoms with Gasteiger partial charge in [0.2, 0.25) is 5.91 Å². The smallest absolute Gasteiger partial charge is 0.238 e. The molecule has 2 aliphatic rings. The maximum atomic E-state index is 12.0. The molecule has 0 saturated carbocycles. The summed E-state index contributed by atoms with van der Waals surface area (Å²) in [6.07, 6.45) is 2.10. The van der Waals surface area contributed by atoms with Crippen LogP contribution in [-0.4, -0.2) is 40.2 Å². The number of carbonyl (C=O) groups is 1. The molecule has 2 aliphatic heterocycles. The van der Waals surface area contributed by atoms with E-state index in [0.717, 1.165) is 18.0 Å². The second-order valence-electron chi connectivity index (χ2n) is 5.12. The minimum Gasteiger partial charge on any atom is -0.396 e. The topological polar surface area (TPSA) is 43.8 Å². The lowest BCUT2D eigenvalue weighted by atomic mass is 9.99. The summed E-state index contributed by atoms with van der Waals surface area (Å²) in [5.41, 5.74) is 1.18. The fourth-order valence-corrected chi connectivity index (χ4v) is 3.28. The number of aliphatic hydroxyl groups excluding tert-OH is 1. The summed E-state index contributed by atoms with van der Waals surface area (Å²) in [5, 5.41) is 13.9. The number of fused-ring (bicyclic) bond motifs is 1. The second-order valence-corrected chi connectivity index (χ2v) is 5.56. The first kappa shape index (κ1) is 12.9. The number of carbonyl (C=O) groups excluding carboxylic acids is 1. The number of amides is 1. The van der Waals surface area contributed by atoms with Crippen LogP contribution in [0.4, 0.5) is 0 Å². The van der Waals surface area contributed by atoms with Crippen LogP contribution in [0.25, 0.3) is 0 Å². The first-order chi connectivity index (χ1) is 9.20. The number of halogens is 1. The zero-order valence-corrected chi connectivity index (χ0v) is 11.4. The molecule has 3 rings (SSSR count). The maximum Gasteiger partial charge on any atom is 0.238 e. The highest BCUT2D eigenvalue weighted by Crippen LogP contribution is 2.40. The third kappa shape index (κ3) is 2.24. The molecule has 4 nitrogen and oxygen atoms in total. The van der Waals surface area contributed by atoms with E-state index in [1.165, 1.54) is 5.56 Å². The number of rotatable bonds is 3. The molecule has 0 bridgehead atoms. The molecule has 19 heavy (non-hydrogen) atoms. The van der Waals surface area contributed by atoms with E-state index in [2.05, 4.69) is 5.01 Å². The van der Waals surface area contributed by atoms with E-state index < -0.39 is 0 Å². The largest absolute Gasteiger partial charge is 0.396 e. The van der Waals surface area contributed by atoms with Crippen LogP contribution in [0.15, 0.2) is 24.3 Å². The standard InChI is InChI=1S/C14H17ClN2O2/c15-11-3-1-10(2-4-11)13-9-12(6-8-18)17-14(19)5-7-16(13)17/h1-4,12-13,18H,5-9H2/t12-,13+/m0/s1. The van der Waals surface area contributed by atoms with Crippen LogP contribution in [-0.2, 0) is 4.79 Å². The average Bonchev–Trinajstić information content (AvgIpc) is 2.94. The van der Waals surface area contributed by atoms with Gasteiger partial charge in [-0.05, 0) is 30.5 Å². The fourth-order valence-electron chi connectivity index (χ4n) is 3.16. The third-order valence-electron chi connectivity index (χ3n) is 4.01. The van der Waals surface area contributed by atoms with Crippen molar-refractivity contribution in [3.05, 3.63) is 34.9 Å². The molecule has 1 aromatic carbocycles. The lowest BCUT2D eigenvalue weighted by molar-refractivity contribution is -0.138. The molecule has 0 radical (unpaired) electrons. The highest BCUT2D eigenvalue weighted by Gasteiger charge is 2.45. The Morgan fingerprint density at radius 1 is 1.32 bits per heavy atom. The van der Waals surface area contributed by atoms with E-state index >= 15 is 0 Å². The summed E-state index contributed by atoms with van der Waals surface area (Å²) in [6, 6.07) is 8.17. The molecule has 2 atom stereocenters. The number of aliphatic hydroxyl groups is 1. The molecule has 2 saturated heterocycles. The van der Waals surface area contributed by atoms with Gasteiger partial charge in [0.25, 0.3) is 0 Å². The Morgan fingerprint density at radius 2 is 2.05 bits per heavy atom. The predicted molar refractivity (Wildman–Crippen MR) is 72.5 cm³/mol. The van der Waals surface area contributed by atoms with Crippen LogP contribution >= 0.6 is 11.6 Å². The van der Waals surface area contributed by atoms with Gasteiger partial charge in [-0.1, -0.05) is 23.7 Å². The van der Waals surface area contributed by atoms with E-state index in [0.29, 0.717) is 12.8 Å². The summed E-state index contributed by atoms with van der Waals surface area (Å²) in [6.45, 7) is 0.893. The third-order valence-corrected chi connectivity index (χ3v) is 4.26. The van der Waals surface area contributed by atoms with Crippen molar-refractivity contribution in [2.75, 3.05) is 13.2 Å². The van der Waals surface area contributed by atoms with Crippen LogP contribution < -0.4 is 0 Å². The van der Waals surface area contributed by atoms with E-state index in [1.54, 1.807) is 0 Å². The van der Waals surface area contributed by atoms with Crippen LogP contribution in [0.5, 0.6) is 0 Å². The molecule has 2 heterocycles. The Labute approximate surface area is 117 Å². The van der Waals surface area contributed by atoms with Crippen molar-refractivity contribution < 1.29 is 9.90 Å². The van der Waals surface area contributed by atoms with Gasteiger partial charge in [-0.2, -0.15) is 0 Å². The first-order valence-corrected chi connectivity index (χ1v) is 7.03. The van der Waals surface area contributed by atoms with Gasteiger partial charge in [0, 0.05) is 24.6 Å². The van der Waals surface area contributed by atoms with Gasteiger partial charge in [-0.3, -0.25) is 9.80 Å². The Hall–Kier alpha value is -1.10. The number of nitrogens with zero attached hydrogens (tertiary/aromatic N) is 2.